The minimum absolute atomic E-state index is 0.0583. The molecule has 0 saturated carbocycles. The smallest absolute Gasteiger partial charge is 0.255 e. The third-order valence-corrected chi connectivity index (χ3v) is 7.21. The zero-order valence-corrected chi connectivity index (χ0v) is 18.6. The molecular formula is C22H24N4O6S. The van der Waals surface area contributed by atoms with Crippen molar-refractivity contribution >= 4 is 39.1 Å². The van der Waals surface area contributed by atoms with Gasteiger partial charge in [-0.05, 0) is 55.3 Å². The van der Waals surface area contributed by atoms with Gasteiger partial charge in [0.1, 0.15) is 6.10 Å². The molecule has 10 nitrogen and oxygen atoms in total. The number of benzene rings is 2. The Morgan fingerprint density at radius 2 is 1.79 bits per heavy atom. The third-order valence-electron chi connectivity index (χ3n) is 5.37. The molecule has 4 rings (SSSR count). The molecule has 3 amide bonds. The fourth-order valence-corrected chi connectivity index (χ4v) is 5.06. The zero-order valence-electron chi connectivity index (χ0n) is 17.7. The lowest BCUT2D eigenvalue weighted by molar-refractivity contribution is -0.124. The number of anilines is 2. The van der Waals surface area contributed by atoms with E-state index in [2.05, 4.69) is 16.0 Å². The first-order chi connectivity index (χ1) is 15.8. The van der Waals surface area contributed by atoms with Gasteiger partial charge in [0.15, 0.2) is 0 Å². The summed E-state index contributed by atoms with van der Waals surface area (Å²) in [6.45, 7) is 0.732. The molecule has 0 spiro atoms. The molecule has 174 valence electrons. The number of hydrogen-bond acceptors (Lipinski definition) is 6. The van der Waals surface area contributed by atoms with E-state index in [1.807, 2.05) is 0 Å². The van der Waals surface area contributed by atoms with Crippen LogP contribution in [0, 0.1) is 0 Å². The van der Waals surface area contributed by atoms with Crippen LogP contribution in [0.1, 0.15) is 23.2 Å². The zero-order chi connectivity index (χ0) is 23.4. The van der Waals surface area contributed by atoms with E-state index in [0.29, 0.717) is 24.4 Å². The Kier molecular flexibility index (Phi) is 6.72. The van der Waals surface area contributed by atoms with Crippen LogP contribution in [-0.4, -0.2) is 62.8 Å². The summed E-state index contributed by atoms with van der Waals surface area (Å²) in [7, 11) is -3.91. The minimum Gasteiger partial charge on any atom is -0.368 e. The summed E-state index contributed by atoms with van der Waals surface area (Å²) in [4.78, 5) is 36.3. The van der Waals surface area contributed by atoms with Gasteiger partial charge in [0.05, 0.1) is 11.4 Å². The van der Waals surface area contributed by atoms with Crippen LogP contribution in [0.25, 0.3) is 0 Å². The second kappa shape index (κ2) is 9.69. The van der Waals surface area contributed by atoms with E-state index in [1.54, 1.807) is 24.3 Å². The Morgan fingerprint density at radius 1 is 1.06 bits per heavy atom. The van der Waals surface area contributed by atoms with Crippen LogP contribution < -0.4 is 16.0 Å². The van der Waals surface area contributed by atoms with Crippen molar-refractivity contribution in [2.24, 2.45) is 0 Å². The molecule has 2 aliphatic rings. The highest BCUT2D eigenvalue weighted by Gasteiger charge is 2.29. The van der Waals surface area contributed by atoms with Gasteiger partial charge >= 0.3 is 0 Å². The summed E-state index contributed by atoms with van der Waals surface area (Å²) in [5.74, 6) is -1.05. The van der Waals surface area contributed by atoms with Crippen LogP contribution in [0.5, 0.6) is 0 Å². The lowest BCUT2D eigenvalue weighted by atomic mass is 10.2. The molecule has 2 aromatic carbocycles. The molecule has 1 atom stereocenters. The number of sulfonamides is 1. The summed E-state index contributed by atoms with van der Waals surface area (Å²) in [6.07, 6.45) is 1.12. The van der Waals surface area contributed by atoms with Gasteiger partial charge in [-0.2, -0.15) is 4.31 Å². The van der Waals surface area contributed by atoms with Crippen molar-refractivity contribution in [2.75, 3.05) is 36.9 Å². The molecule has 0 aliphatic carbocycles. The fraction of sp³-hybridized carbons (Fsp3) is 0.318. The Labute approximate surface area is 191 Å². The Bertz CT molecular complexity index is 1160. The predicted molar refractivity (Wildman–Crippen MR) is 120 cm³/mol. The summed E-state index contributed by atoms with van der Waals surface area (Å²) in [5.41, 5.74) is 1.22. The number of ether oxygens (including phenoxy) is 1. The number of rotatable bonds is 6. The van der Waals surface area contributed by atoms with Gasteiger partial charge in [0.2, 0.25) is 15.9 Å². The van der Waals surface area contributed by atoms with Crippen LogP contribution in [0.4, 0.5) is 11.4 Å². The highest BCUT2D eigenvalue weighted by molar-refractivity contribution is 7.89. The van der Waals surface area contributed by atoms with Gasteiger partial charge in [-0.15, -0.1) is 0 Å². The molecule has 3 N–H and O–H groups in total. The lowest BCUT2D eigenvalue weighted by Gasteiger charge is -2.26. The van der Waals surface area contributed by atoms with Crippen molar-refractivity contribution in [1.82, 2.24) is 9.62 Å². The van der Waals surface area contributed by atoms with Gasteiger partial charge < -0.3 is 20.7 Å². The average molecular weight is 473 g/mol. The number of piperazine rings is 1. The van der Waals surface area contributed by atoms with Crippen LogP contribution in [0.2, 0.25) is 0 Å². The Hall–Kier alpha value is -3.28. The molecular weight excluding hydrogens is 448 g/mol. The van der Waals surface area contributed by atoms with Gasteiger partial charge in [0.25, 0.3) is 11.8 Å². The number of nitrogens with zero attached hydrogens (tertiary/aromatic N) is 1. The first kappa shape index (κ1) is 22.9. The van der Waals surface area contributed by atoms with Crippen molar-refractivity contribution in [3.05, 3.63) is 54.1 Å². The SMILES string of the molecule is O=C1CN(S(=O)(=O)c2cccc(C(=O)Nc3ccc(NC(=O)C4CCCO4)cc3)c2)CCN1. The van der Waals surface area contributed by atoms with Crippen molar-refractivity contribution < 1.29 is 27.5 Å². The van der Waals surface area contributed by atoms with Crippen molar-refractivity contribution in [1.29, 1.82) is 0 Å². The highest BCUT2D eigenvalue weighted by Crippen LogP contribution is 2.20. The van der Waals surface area contributed by atoms with E-state index >= 15 is 0 Å². The molecule has 0 bridgehead atoms. The van der Waals surface area contributed by atoms with Crippen molar-refractivity contribution in [3.63, 3.8) is 0 Å². The molecule has 2 aromatic rings. The lowest BCUT2D eigenvalue weighted by Crippen LogP contribution is -2.49. The van der Waals surface area contributed by atoms with Gasteiger partial charge in [-0.3, -0.25) is 14.4 Å². The molecule has 2 saturated heterocycles. The minimum atomic E-state index is -3.91. The van der Waals surface area contributed by atoms with E-state index in [1.165, 1.54) is 24.3 Å². The van der Waals surface area contributed by atoms with Crippen LogP contribution in [-0.2, 0) is 24.3 Å². The number of nitrogens with one attached hydrogen (secondary N) is 3. The van der Waals surface area contributed by atoms with E-state index in [0.717, 1.165) is 10.7 Å². The van der Waals surface area contributed by atoms with Crippen LogP contribution in [0.3, 0.4) is 0 Å². The first-order valence-electron chi connectivity index (χ1n) is 10.5. The van der Waals surface area contributed by atoms with Gasteiger partial charge in [0, 0.05) is 36.6 Å². The molecule has 2 heterocycles. The molecule has 0 radical (unpaired) electrons. The highest BCUT2D eigenvalue weighted by atomic mass is 32.2. The average Bonchev–Trinajstić information content (AvgIpc) is 3.36. The maximum absolute atomic E-state index is 12.9. The van der Waals surface area contributed by atoms with Gasteiger partial charge in [-0.25, -0.2) is 8.42 Å². The number of carbonyl (C=O) groups is 3. The summed E-state index contributed by atoms with van der Waals surface area (Å²) >= 11 is 0. The van der Waals surface area contributed by atoms with Crippen LogP contribution >= 0.6 is 0 Å². The summed E-state index contributed by atoms with van der Waals surface area (Å²) in [5, 5.41) is 8.07. The Morgan fingerprint density at radius 3 is 2.45 bits per heavy atom. The third kappa shape index (κ3) is 5.38. The van der Waals surface area contributed by atoms with Crippen molar-refractivity contribution in [2.45, 2.75) is 23.8 Å². The molecule has 1 unspecified atom stereocenters. The topological polar surface area (TPSA) is 134 Å². The Balaban J connectivity index is 1.41. The molecule has 11 heteroatoms. The van der Waals surface area contributed by atoms with E-state index in [4.69, 9.17) is 4.74 Å². The van der Waals surface area contributed by atoms with E-state index in [9.17, 15) is 22.8 Å². The van der Waals surface area contributed by atoms with Crippen molar-refractivity contribution in [3.8, 4) is 0 Å². The van der Waals surface area contributed by atoms with Crippen LogP contribution in [0.15, 0.2) is 53.4 Å². The van der Waals surface area contributed by atoms with Gasteiger partial charge in [-0.1, -0.05) is 6.07 Å². The first-order valence-corrected chi connectivity index (χ1v) is 12.0. The summed E-state index contributed by atoms with van der Waals surface area (Å²) < 4.78 is 32.2. The second-order valence-electron chi connectivity index (χ2n) is 7.74. The maximum Gasteiger partial charge on any atom is 0.255 e. The summed E-state index contributed by atoms with van der Waals surface area (Å²) in [6, 6.07) is 12.3. The molecule has 2 aliphatic heterocycles. The maximum atomic E-state index is 12.9. The quantitative estimate of drug-likeness (QED) is 0.578. The van der Waals surface area contributed by atoms with E-state index in [-0.39, 0.29) is 41.9 Å². The predicted octanol–water partition coefficient (Wildman–Crippen LogP) is 1.18. The number of hydrogen-bond donors (Lipinski definition) is 3. The standard InChI is InChI=1S/C22H24N4O6S/c27-20-14-26(11-10-23-20)33(30,31)18-4-1-3-15(13-18)21(28)24-16-6-8-17(9-7-16)25-22(29)19-5-2-12-32-19/h1,3-4,6-9,13,19H,2,5,10-12,14H2,(H,23,27)(H,24,28)(H,25,29). The monoisotopic (exact) mass is 472 g/mol. The number of amides is 3. The second-order valence-corrected chi connectivity index (χ2v) is 9.68. The molecule has 2 fully saturated rings. The largest absolute Gasteiger partial charge is 0.368 e. The molecule has 0 aromatic heterocycles. The fourth-order valence-electron chi connectivity index (χ4n) is 3.61. The van der Waals surface area contributed by atoms with E-state index < -0.39 is 22.0 Å². The normalized spacial score (nSPS) is 19.0. The molecule has 33 heavy (non-hydrogen) atoms. The number of carbonyl (C=O) groups excluding carboxylic acids is 3.